The van der Waals surface area contributed by atoms with Crippen LogP contribution in [0.25, 0.3) is 0 Å². The first-order valence-electron chi connectivity index (χ1n) is 6.75. The second kappa shape index (κ2) is 7.88. The molecule has 0 spiro atoms. The minimum atomic E-state index is -0.784. The first-order chi connectivity index (χ1) is 10.6. The van der Waals surface area contributed by atoms with E-state index in [9.17, 15) is 13.6 Å². The zero-order chi connectivity index (χ0) is 15.9. The highest BCUT2D eigenvalue weighted by Gasteiger charge is 2.16. The predicted molar refractivity (Wildman–Crippen MR) is 82.4 cm³/mol. The monoisotopic (exact) mass is 327 g/mol. The number of carbonyl (C=O) groups excluding carboxylic acids is 1. The van der Waals surface area contributed by atoms with Gasteiger partial charge in [0, 0.05) is 11.6 Å². The van der Waals surface area contributed by atoms with Crippen LogP contribution in [0.4, 0.5) is 8.78 Å². The van der Waals surface area contributed by atoms with E-state index in [4.69, 9.17) is 4.74 Å². The van der Waals surface area contributed by atoms with Crippen molar-refractivity contribution in [1.29, 1.82) is 0 Å². The van der Waals surface area contributed by atoms with Crippen molar-refractivity contribution in [1.82, 2.24) is 5.32 Å². The average molecular weight is 327 g/mol. The Morgan fingerprint density at radius 1 is 1.45 bits per heavy atom. The molecule has 2 rings (SSSR count). The van der Waals surface area contributed by atoms with Crippen LogP contribution < -0.4 is 10.1 Å². The van der Waals surface area contributed by atoms with Crippen LogP contribution >= 0.6 is 11.8 Å². The maximum absolute atomic E-state index is 13.8. The number of nitrogens with one attached hydrogen (secondary N) is 1. The van der Waals surface area contributed by atoms with Crippen molar-refractivity contribution in [3.05, 3.63) is 29.3 Å². The maximum atomic E-state index is 13.8. The number of unbranched alkanes of at least 4 members (excludes halogenated alkanes) is 1. The SMILES string of the molecule is CCCCOc1c(F)cc(F)cc1C=NN=C1NC(=O)CS1. The number of rotatable bonds is 6. The highest BCUT2D eigenvalue weighted by Crippen LogP contribution is 2.23. The Morgan fingerprint density at radius 3 is 2.95 bits per heavy atom. The van der Waals surface area contributed by atoms with Crippen molar-refractivity contribution < 1.29 is 18.3 Å². The molecule has 0 saturated carbocycles. The lowest BCUT2D eigenvalue weighted by Gasteiger charge is -2.09. The third-order valence-corrected chi connectivity index (χ3v) is 3.58. The van der Waals surface area contributed by atoms with E-state index < -0.39 is 11.6 Å². The van der Waals surface area contributed by atoms with Gasteiger partial charge >= 0.3 is 0 Å². The molecule has 118 valence electrons. The van der Waals surface area contributed by atoms with Crippen LogP contribution in [0.1, 0.15) is 25.3 Å². The van der Waals surface area contributed by atoms with Crippen LogP contribution in [0.15, 0.2) is 22.3 Å². The molecule has 1 aliphatic rings. The van der Waals surface area contributed by atoms with E-state index in [0.29, 0.717) is 11.8 Å². The van der Waals surface area contributed by atoms with Crippen molar-refractivity contribution >= 4 is 29.1 Å². The first kappa shape index (κ1) is 16.4. The van der Waals surface area contributed by atoms with Crippen molar-refractivity contribution in [2.24, 2.45) is 10.2 Å². The summed E-state index contributed by atoms with van der Waals surface area (Å²) in [6.07, 6.45) is 2.86. The molecular weight excluding hydrogens is 312 g/mol. The van der Waals surface area contributed by atoms with Gasteiger partial charge in [-0.3, -0.25) is 4.79 Å². The zero-order valence-corrected chi connectivity index (χ0v) is 12.8. The van der Waals surface area contributed by atoms with Crippen LogP contribution in [0, 0.1) is 11.6 Å². The molecule has 1 fully saturated rings. The van der Waals surface area contributed by atoms with Crippen molar-refractivity contribution in [3.8, 4) is 5.75 Å². The molecule has 1 aromatic rings. The standard InChI is InChI=1S/C14H15F2N3O2S/c1-2-3-4-21-13-9(5-10(15)6-11(13)16)7-17-19-14-18-12(20)8-22-14/h5-7H,2-4,8H2,1H3,(H,18,19,20). The third kappa shape index (κ3) is 4.52. The molecule has 1 amide bonds. The topological polar surface area (TPSA) is 63.1 Å². The van der Waals surface area contributed by atoms with Crippen LogP contribution in [0.3, 0.4) is 0 Å². The molecule has 0 atom stereocenters. The van der Waals surface area contributed by atoms with Gasteiger partial charge in [0.25, 0.3) is 0 Å². The largest absolute Gasteiger partial charge is 0.490 e. The summed E-state index contributed by atoms with van der Waals surface area (Å²) in [5.41, 5.74) is 0.160. The second-order valence-corrected chi connectivity index (χ2v) is 5.46. The van der Waals surface area contributed by atoms with Gasteiger partial charge in [-0.1, -0.05) is 25.1 Å². The van der Waals surface area contributed by atoms with E-state index >= 15 is 0 Å². The van der Waals surface area contributed by atoms with E-state index in [-0.39, 0.29) is 23.0 Å². The normalized spacial score (nSPS) is 16.5. The van der Waals surface area contributed by atoms with Gasteiger partial charge < -0.3 is 10.1 Å². The fourth-order valence-corrected chi connectivity index (χ4v) is 2.30. The number of carbonyl (C=O) groups is 1. The number of benzene rings is 1. The molecule has 1 aromatic carbocycles. The number of ether oxygens (including phenoxy) is 1. The Kier molecular flexibility index (Phi) is 5.88. The molecule has 1 saturated heterocycles. The summed E-state index contributed by atoms with van der Waals surface area (Å²) in [5, 5.41) is 10.4. The molecule has 5 nitrogen and oxygen atoms in total. The Labute approximate surface area is 130 Å². The summed E-state index contributed by atoms with van der Waals surface area (Å²) < 4.78 is 32.5. The van der Waals surface area contributed by atoms with Crippen LogP contribution in [0.5, 0.6) is 5.75 Å². The summed E-state index contributed by atoms with van der Waals surface area (Å²) >= 11 is 1.21. The smallest absolute Gasteiger partial charge is 0.236 e. The van der Waals surface area contributed by atoms with Crippen molar-refractivity contribution in [2.75, 3.05) is 12.4 Å². The number of halogens is 2. The van der Waals surface area contributed by atoms with Gasteiger partial charge in [0.05, 0.1) is 18.6 Å². The summed E-state index contributed by atoms with van der Waals surface area (Å²) in [6.45, 7) is 2.32. The number of hydrogen-bond donors (Lipinski definition) is 1. The number of thioether (sulfide) groups is 1. The lowest BCUT2D eigenvalue weighted by atomic mass is 10.2. The van der Waals surface area contributed by atoms with Crippen LogP contribution in [0.2, 0.25) is 0 Å². The highest BCUT2D eigenvalue weighted by molar-refractivity contribution is 8.15. The van der Waals surface area contributed by atoms with E-state index in [1.54, 1.807) is 0 Å². The molecule has 0 unspecified atom stereocenters. The summed E-state index contributed by atoms with van der Waals surface area (Å²) in [4.78, 5) is 11.0. The quantitative estimate of drug-likeness (QED) is 0.496. The minimum Gasteiger partial charge on any atom is -0.490 e. The van der Waals surface area contributed by atoms with Gasteiger partial charge in [0.2, 0.25) is 5.91 Å². The third-order valence-electron chi connectivity index (χ3n) is 2.71. The molecular formula is C14H15F2N3O2S. The van der Waals surface area contributed by atoms with E-state index in [0.717, 1.165) is 25.0 Å². The van der Waals surface area contributed by atoms with Crippen LogP contribution in [-0.2, 0) is 4.79 Å². The Morgan fingerprint density at radius 2 is 2.27 bits per heavy atom. The van der Waals surface area contributed by atoms with E-state index in [2.05, 4.69) is 15.5 Å². The molecule has 0 bridgehead atoms. The van der Waals surface area contributed by atoms with Crippen molar-refractivity contribution in [3.63, 3.8) is 0 Å². The van der Waals surface area contributed by atoms with Gasteiger partial charge in [0.15, 0.2) is 16.7 Å². The molecule has 22 heavy (non-hydrogen) atoms. The van der Waals surface area contributed by atoms with Gasteiger partial charge in [-0.25, -0.2) is 8.78 Å². The van der Waals surface area contributed by atoms with Gasteiger partial charge in [-0.05, 0) is 12.5 Å². The fourth-order valence-electron chi connectivity index (χ4n) is 1.67. The fraction of sp³-hybridized carbons (Fsp3) is 0.357. The molecule has 0 radical (unpaired) electrons. The predicted octanol–water partition coefficient (Wildman–Crippen LogP) is 2.70. The second-order valence-electron chi connectivity index (χ2n) is 4.49. The molecule has 0 aliphatic carbocycles. The van der Waals surface area contributed by atoms with Gasteiger partial charge in [-0.15, -0.1) is 5.10 Å². The number of amides is 1. The summed E-state index contributed by atoms with van der Waals surface area (Å²) in [5.74, 6) is -1.43. The summed E-state index contributed by atoms with van der Waals surface area (Å²) in [7, 11) is 0. The Bertz CT molecular complexity index is 620. The van der Waals surface area contributed by atoms with Gasteiger partial charge in [0.1, 0.15) is 5.82 Å². The first-order valence-corrected chi connectivity index (χ1v) is 7.74. The Balaban J connectivity index is 2.15. The molecule has 1 heterocycles. The van der Waals surface area contributed by atoms with E-state index in [1.165, 1.54) is 18.0 Å². The molecule has 1 aliphatic heterocycles. The van der Waals surface area contributed by atoms with E-state index in [1.807, 2.05) is 6.92 Å². The lowest BCUT2D eigenvalue weighted by molar-refractivity contribution is -0.116. The van der Waals surface area contributed by atoms with Crippen LogP contribution in [-0.4, -0.2) is 29.6 Å². The summed E-state index contributed by atoms with van der Waals surface area (Å²) in [6, 6.07) is 1.88. The zero-order valence-electron chi connectivity index (χ0n) is 11.9. The Hall–Kier alpha value is -1.96. The minimum absolute atomic E-state index is 0.0538. The average Bonchev–Trinajstić information content (AvgIpc) is 2.87. The lowest BCUT2D eigenvalue weighted by Crippen LogP contribution is -2.19. The number of amidine groups is 1. The van der Waals surface area contributed by atoms with Gasteiger partial charge in [-0.2, -0.15) is 5.10 Å². The molecule has 1 N–H and O–H groups in total. The van der Waals surface area contributed by atoms with Crippen molar-refractivity contribution in [2.45, 2.75) is 19.8 Å². The highest BCUT2D eigenvalue weighted by atomic mass is 32.2. The molecule has 0 aromatic heterocycles. The number of nitrogens with zero attached hydrogens (tertiary/aromatic N) is 2. The number of hydrogen-bond acceptors (Lipinski definition) is 5. The maximum Gasteiger partial charge on any atom is 0.236 e. The molecule has 8 heteroatoms.